The Morgan fingerprint density at radius 3 is 2.33 bits per heavy atom. The highest BCUT2D eigenvalue weighted by Crippen LogP contribution is 2.35. The monoisotopic (exact) mass is 310 g/mol. The first-order chi connectivity index (χ1) is 9.79. The molecule has 1 heterocycles. The van der Waals surface area contributed by atoms with Crippen molar-refractivity contribution in [1.82, 2.24) is 10.6 Å². The van der Waals surface area contributed by atoms with Gasteiger partial charge in [0, 0.05) is 11.6 Å². The van der Waals surface area contributed by atoms with Crippen LogP contribution in [0.3, 0.4) is 0 Å². The normalized spacial score (nSPS) is 15.7. The smallest absolute Gasteiger partial charge is 0.318 e. The molecule has 1 aromatic carbocycles. The first kappa shape index (κ1) is 14.3. The van der Waals surface area contributed by atoms with E-state index >= 15 is 0 Å². The number of nitrogens with one attached hydrogen (secondary N) is 2. The molecular formula is C10H6N4O6S. The van der Waals surface area contributed by atoms with Crippen LogP contribution in [-0.4, -0.2) is 26.0 Å². The number of phenols is 1. The maximum absolute atomic E-state index is 11.5. The number of hydrogen-bond acceptors (Lipinski definition) is 7. The van der Waals surface area contributed by atoms with E-state index in [2.05, 4.69) is 10.6 Å². The molecule has 0 aromatic heterocycles. The molecule has 0 radical (unpaired) electrons. The Labute approximate surface area is 121 Å². The van der Waals surface area contributed by atoms with Gasteiger partial charge in [0.1, 0.15) is 5.70 Å². The van der Waals surface area contributed by atoms with Crippen molar-refractivity contribution in [3.8, 4) is 5.75 Å². The summed E-state index contributed by atoms with van der Waals surface area (Å²) in [4.78, 5) is 31.2. The van der Waals surface area contributed by atoms with Gasteiger partial charge in [0.25, 0.3) is 11.6 Å². The highest BCUT2D eigenvalue weighted by molar-refractivity contribution is 7.80. The van der Waals surface area contributed by atoms with Gasteiger partial charge in [-0.1, -0.05) is 0 Å². The highest BCUT2D eigenvalue weighted by atomic mass is 32.1. The summed E-state index contributed by atoms with van der Waals surface area (Å²) in [6.07, 6.45) is 1.03. The van der Waals surface area contributed by atoms with Crippen LogP contribution in [0.15, 0.2) is 17.8 Å². The molecule has 21 heavy (non-hydrogen) atoms. The largest absolute Gasteiger partial charge is 0.502 e. The topological polar surface area (TPSA) is 148 Å². The molecule has 1 amide bonds. The molecule has 11 heteroatoms. The number of non-ortho nitro benzene ring substituents is 1. The van der Waals surface area contributed by atoms with Crippen LogP contribution in [-0.2, 0) is 4.79 Å². The fourth-order valence-corrected chi connectivity index (χ4v) is 1.82. The minimum atomic E-state index is -0.961. The van der Waals surface area contributed by atoms with Gasteiger partial charge in [-0.15, -0.1) is 0 Å². The first-order valence-corrected chi connectivity index (χ1v) is 5.70. The summed E-state index contributed by atoms with van der Waals surface area (Å²) in [6, 6.07) is 1.54. The van der Waals surface area contributed by atoms with Gasteiger partial charge in [-0.05, 0) is 18.3 Å². The lowest BCUT2D eigenvalue weighted by Gasteiger charge is -2.02. The second kappa shape index (κ2) is 5.13. The molecule has 0 saturated carbocycles. The van der Waals surface area contributed by atoms with E-state index in [-0.39, 0.29) is 16.4 Å². The van der Waals surface area contributed by atoms with Gasteiger partial charge in [-0.3, -0.25) is 30.3 Å². The molecular weight excluding hydrogens is 304 g/mol. The highest BCUT2D eigenvalue weighted by Gasteiger charge is 2.25. The number of thiocarbonyl (C=S) groups is 1. The van der Waals surface area contributed by atoms with Crippen molar-refractivity contribution in [1.29, 1.82) is 0 Å². The minimum Gasteiger partial charge on any atom is -0.502 e. The number of amides is 1. The molecule has 0 bridgehead atoms. The zero-order valence-corrected chi connectivity index (χ0v) is 10.8. The third-order valence-electron chi connectivity index (χ3n) is 2.53. The molecule has 1 aliphatic rings. The van der Waals surface area contributed by atoms with Crippen molar-refractivity contribution in [3.05, 3.63) is 43.6 Å². The van der Waals surface area contributed by atoms with E-state index in [1.54, 1.807) is 0 Å². The van der Waals surface area contributed by atoms with Crippen molar-refractivity contribution < 1.29 is 19.7 Å². The number of phenolic OH excluding ortho intramolecular Hbond substituents is 1. The van der Waals surface area contributed by atoms with Gasteiger partial charge >= 0.3 is 5.69 Å². The number of aromatic hydroxyl groups is 1. The van der Waals surface area contributed by atoms with Crippen LogP contribution in [0, 0.1) is 20.2 Å². The van der Waals surface area contributed by atoms with E-state index in [0.29, 0.717) is 6.07 Å². The number of nitro groups is 2. The van der Waals surface area contributed by atoms with Crippen LogP contribution in [0.2, 0.25) is 0 Å². The molecule has 3 N–H and O–H groups in total. The van der Waals surface area contributed by atoms with Gasteiger partial charge in [0.15, 0.2) is 5.11 Å². The average molecular weight is 310 g/mol. The van der Waals surface area contributed by atoms with Gasteiger partial charge in [0.2, 0.25) is 5.75 Å². The molecule has 0 aliphatic carbocycles. The Balaban J connectivity index is 2.60. The van der Waals surface area contributed by atoms with Crippen LogP contribution in [0.4, 0.5) is 11.4 Å². The Morgan fingerprint density at radius 2 is 1.86 bits per heavy atom. The number of carbonyl (C=O) groups excluding carboxylic acids is 1. The summed E-state index contributed by atoms with van der Waals surface area (Å²) in [5.74, 6) is -1.40. The van der Waals surface area contributed by atoms with Crippen molar-refractivity contribution >= 4 is 40.7 Å². The first-order valence-electron chi connectivity index (χ1n) is 5.29. The summed E-state index contributed by atoms with van der Waals surface area (Å²) >= 11 is 4.69. The summed E-state index contributed by atoms with van der Waals surface area (Å²) in [7, 11) is 0. The van der Waals surface area contributed by atoms with Gasteiger partial charge in [0.05, 0.1) is 15.9 Å². The molecule has 0 unspecified atom stereocenters. The van der Waals surface area contributed by atoms with Crippen molar-refractivity contribution in [2.75, 3.05) is 0 Å². The van der Waals surface area contributed by atoms with Crippen LogP contribution in [0.25, 0.3) is 6.08 Å². The molecule has 2 rings (SSSR count). The molecule has 1 fully saturated rings. The lowest BCUT2D eigenvalue weighted by atomic mass is 10.1. The van der Waals surface area contributed by atoms with E-state index < -0.39 is 32.9 Å². The summed E-state index contributed by atoms with van der Waals surface area (Å²) in [5.41, 5.74) is -1.77. The Morgan fingerprint density at radius 1 is 1.19 bits per heavy atom. The number of carbonyl (C=O) groups is 1. The molecule has 10 nitrogen and oxygen atoms in total. The third-order valence-corrected chi connectivity index (χ3v) is 2.74. The van der Waals surface area contributed by atoms with E-state index in [0.717, 1.165) is 12.1 Å². The lowest BCUT2D eigenvalue weighted by Crippen LogP contribution is -2.21. The molecule has 1 aromatic rings. The number of rotatable bonds is 3. The molecule has 0 spiro atoms. The zero-order valence-electron chi connectivity index (χ0n) is 10.0. The van der Waals surface area contributed by atoms with E-state index in [1.165, 1.54) is 0 Å². The van der Waals surface area contributed by atoms with E-state index in [1.807, 2.05) is 0 Å². The maximum Gasteiger partial charge on any atom is 0.318 e. The Hall–Kier alpha value is -3.08. The minimum absolute atomic E-state index is 0.0191. The number of hydrogen-bond donors (Lipinski definition) is 3. The summed E-state index contributed by atoms with van der Waals surface area (Å²) < 4.78 is 0. The molecule has 0 atom stereocenters. The van der Waals surface area contributed by atoms with Crippen molar-refractivity contribution in [2.45, 2.75) is 0 Å². The lowest BCUT2D eigenvalue weighted by molar-refractivity contribution is -0.394. The van der Waals surface area contributed by atoms with Gasteiger partial charge in [-0.2, -0.15) is 0 Å². The third kappa shape index (κ3) is 2.76. The van der Waals surface area contributed by atoms with Crippen LogP contribution in [0.5, 0.6) is 5.75 Å². The molecule has 1 saturated heterocycles. The van der Waals surface area contributed by atoms with Crippen LogP contribution in [0.1, 0.15) is 5.56 Å². The van der Waals surface area contributed by atoms with Crippen LogP contribution < -0.4 is 10.6 Å². The predicted octanol–water partition coefficient (Wildman–Crippen LogP) is 0.554. The van der Waals surface area contributed by atoms with Gasteiger partial charge in [-0.25, -0.2) is 0 Å². The Bertz CT molecular complexity index is 729. The Kier molecular flexibility index (Phi) is 3.50. The molecule has 1 aliphatic heterocycles. The van der Waals surface area contributed by atoms with Crippen molar-refractivity contribution in [2.24, 2.45) is 0 Å². The number of nitrogens with zero attached hydrogens (tertiary/aromatic N) is 2. The van der Waals surface area contributed by atoms with Crippen LogP contribution >= 0.6 is 12.2 Å². The standard InChI is InChI=1S/C10H6N4O6S/c15-8-4(2-6-9(16)12-10(21)11-6)1-5(13(17)18)3-7(8)14(19)20/h1-3,15H,(H2,11,12,16,21)/b6-2+. The maximum atomic E-state index is 11.5. The fourth-order valence-electron chi connectivity index (χ4n) is 1.62. The molecule has 108 valence electrons. The summed E-state index contributed by atoms with van der Waals surface area (Å²) in [6.45, 7) is 0. The average Bonchev–Trinajstić information content (AvgIpc) is 2.69. The SMILES string of the molecule is O=C1NC(=S)N/C1=C/c1cc([N+](=O)[O-])cc([N+](=O)[O-])c1O. The van der Waals surface area contributed by atoms with Gasteiger partial charge < -0.3 is 10.4 Å². The second-order valence-corrected chi connectivity index (χ2v) is 4.29. The van der Waals surface area contributed by atoms with Crippen molar-refractivity contribution in [3.63, 3.8) is 0 Å². The fraction of sp³-hybridized carbons (Fsp3) is 0. The number of nitro benzene ring substituents is 2. The quantitative estimate of drug-likeness (QED) is 0.317. The predicted molar refractivity (Wildman–Crippen MR) is 73.3 cm³/mol. The summed E-state index contributed by atoms with van der Waals surface area (Å²) in [5, 5.41) is 36.0. The second-order valence-electron chi connectivity index (χ2n) is 3.88. The van der Waals surface area contributed by atoms with E-state index in [9.17, 15) is 30.1 Å². The van der Waals surface area contributed by atoms with E-state index in [4.69, 9.17) is 12.2 Å². The number of benzene rings is 1. The zero-order chi connectivity index (χ0) is 15.7.